The second kappa shape index (κ2) is 9.48. The summed E-state index contributed by atoms with van der Waals surface area (Å²) in [6, 6.07) is 20.3. The molecule has 0 aliphatic heterocycles. The molecule has 2 aromatic carbocycles. The van der Waals surface area contributed by atoms with Crippen LogP contribution in [0.15, 0.2) is 73.1 Å². The highest BCUT2D eigenvalue weighted by Crippen LogP contribution is 2.09. The zero-order valence-corrected chi connectivity index (χ0v) is 15.5. The van der Waals surface area contributed by atoms with Crippen LogP contribution >= 0.6 is 0 Å². The highest BCUT2D eigenvalue weighted by Gasteiger charge is 2.13. The van der Waals surface area contributed by atoms with E-state index >= 15 is 0 Å². The van der Waals surface area contributed by atoms with Crippen LogP contribution in [0, 0.1) is 0 Å². The van der Waals surface area contributed by atoms with Gasteiger partial charge in [0, 0.05) is 32.5 Å². The average molecular weight is 360 g/mol. The van der Waals surface area contributed by atoms with Crippen molar-refractivity contribution in [3.8, 4) is 0 Å². The van der Waals surface area contributed by atoms with Crippen molar-refractivity contribution in [3.05, 3.63) is 89.7 Å². The maximum Gasteiger partial charge on any atom is 0.257 e. The molecule has 0 fully saturated rings. The molecule has 0 aliphatic rings. The van der Waals surface area contributed by atoms with E-state index in [2.05, 4.69) is 39.6 Å². The lowest BCUT2D eigenvalue weighted by molar-refractivity contribution is 0.0784. The van der Waals surface area contributed by atoms with Crippen LogP contribution in [0.4, 0.5) is 5.95 Å². The van der Waals surface area contributed by atoms with Gasteiger partial charge in [-0.3, -0.25) is 4.79 Å². The lowest BCUT2D eigenvalue weighted by Gasteiger charge is -2.17. The van der Waals surface area contributed by atoms with Gasteiger partial charge in [-0.2, -0.15) is 0 Å². The number of rotatable bonds is 8. The Hall–Kier alpha value is -3.21. The SMILES string of the molecule is CN(Cc1ccccc1)C(=O)c1cnc(NCCCc2ccccc2)nc1. The molecule has 1 amide bonds. The molecule has 0 aliphatic carbocycles. The van der Waals surface area contributed by atoms with Crippen molar-refractivity contribution in [2.75, 3.05) is 18.9 Å². The summed E-state index contributed by atoms with van der Waals surface area (Å²) in [6.07, 6.45) is 5.16. The third kappa shape index (κ3) is 5.64. The van der Waals surface area contributed by atoms with Crippen molar-refractivity contribution >= 4 is 11.9 Å². The summed E-state index contributed by atoms with van der Waals surface area (Å²) in [6.45, 7) is 1.34. The van der Waals surface area contributed by atoms with E-state index in [4.69, 9.17) is 0 Å². The van der Waals surface area contributed by atoms with Gasteiger partial charge in [-0.25, -0.2) is 9.97 Å². The Balaban J connectivity index is 1.47. The fraction of sp³-hybridized carbons (Fsp3) is 0.227. The zero-order valence-electron chi connectivity index (χ0n) is 15.5. The first-order valence-corrected chi connectivity index (χ1v) is 9.11. The zero-order chi connectivity index (χ0) is 18.9. The van der Waals surface area contributed by atoms with Crippen molar-refractivity contribution in [2.24, 2.45) is 0 Å². The summed E-state index contributed by atoms with van der Waals surface area (Å²) in [5.74, 6) is 0.458. The van der Waals surface area contributed by atoms with Crippen molar-refractivity contribution in [1.82, 2.24) is 14.9 Å². The number of aromatic nitrogens is 2. The lowest BCUT2D eigenvalue weighted by Crippen LogP contribution is -2.26. The average Bonchev–Trinajstić information content (AvgIpc) is 2.72. The molecule has 1 heterocycles. The molecule has 0 unspecified atom stereocenters. The van der Waals surface area contributed by atoms with E-state index in [-0.39, 0.29) is 5.91 Å². The topological polar surface area (TPSA) is 58.1 Å². The van der Waals surface area contributed by atoms with Crippen LogP contribution in [0.25, 0.3) is 0 Å². The molecule has 5 nitrogen and oxygen atoms in total. The van der Waals surface area contributed by atoms with Crippen LogP contribution in [0.3, 0.4) is 0 Å². The molecule has 0 atom stereocenters. The Bertz CT molecular complexity index is 835. The van der Waals surface area contributed by atoms with E-state index in [1.165, 1.54) is 5.56 Å². The van der Waals surface area contributed by atoms with Crippen LogP contribution in [0.1, 0.15) is 27.9 Å². The van der Waals surface area contributed by atoms with Crippen molar-refractivity contribution < 1.29 is 4.79 Å². The summed E-state index contributed by atoms with van der Waals surface area (Å²) in [4.78, 5) is 22.7. The minimum Gasteiger partial charge on any atom is -0.354 e. The second-order valence-corrected chi connectivity index (χ2v) is 6.46. The summed E-state index contributed by atoms with van der Waals surface area (Å²) in [5, 5.41) is 3.20. The number of nitrogens with zero attached hydrogens (tertiary/aromatic N) is 3. The number of hydrogen-bond donors (Lipinski definition) is 1. The van der Waals surface area contributed by atoms with Crippen LogP contribution in [0.5, 0.6) is 0 Å². The number of anilines is 1. The summed E-state index contributed by atoms with van der Waals surface area (Å²) < 4.78 is 0. The predicted molar refractivity (Wildman–Crippen MR) is 108 cm³/mol. The Morgan fingerprint density at radius 3 is 2.15 bits per heavy atom. The maximum atomic E-state index is 12.5. The number of benzene rings is 2. The molecular formula is C22H24N4O. The van der Waals surface area contributed by atoms with E-state index in [1.807, 2.05) is 36.4 Å². The third-order valence-corrected chi connectivity index (χ3v) is 4.28. The fourth-order valence-electron chi connectivity index (χ4n) is 2.82. The molecule has 0 radical (unpaired) electrons. The molecule has 3 rings (SSSR count). The first-order chi connectivity index (χ1) is 13.2. The molecule has 0 saturated carbocycles. The molecule has 5 heteroatoms. The van der Waals surface area contributed by atoms with Crippen LogP contribution in [0.2, 0.25) is 0 Å². The number of carbonyl (C=O) groups is 1. The number of aryl methyl sites for hydroxylation is 1. The van der Waals surface area contributed by atoms with Crippen molar-refractivity contribution in [3.63, 3.8) is 0 Å². The molecular weight excluding hydrogens is 336 g/mol. The lowest BCUT2D eigenvalue weighted by atomic mass is 10.1. The van der Waals surface area contributed by atoms with Crippen LogP contribution < -0.4 is 5.32 Å². The maximum absolute atomic E-state index is 12.5. The Morgan fingerprint density at radius 2 is 1.52 bits per heavy atom. The smallest absolute Gasteiger partial charge is 0.257 e. The third-order valence-electron chi connectivity index (χ3n) is 4.28. The van der Waals surface area contributed by atoms with Gasteiger partial charge in [0.05, 0.1) is 5.56 Å². The van der Waals surface area contributed by atoms with Crippen molar-refractivity contribution in [2.45, 2.75) is 19.4 Å². The fourth-order valence-corrected chi connectivity index (χ4v) is 2.82. The molecule has 0 bridgehead atoms. The number of carbonyl (C=O) groups excluding carboxylic acids is 1. The second-order valence-electron chi connectivity index (χ2n) is 6.46. The monoisotopic (exact) mass is 360 g/mol. The Labute approximate surface area is 160 Å². The summed E-state index contributed by atoms with van der Waals surface area (Å²) >= 11 is 0. The van der Waals surface area contributed by atoms with E-state index in [0.29, 0.717) is 18.1 Å². The normalized spacial score (nSPS) is 10.4. The molecule has 138 valence electrons. The van der Waals surface area contributed by atoms with Gasteiger partial charge in [-0.15, -0.1) is 0 Å². The molecule has 0 saturated heterocycles. The number of amides is 1. The number of nitrogens with one attached hydrogen (secondary N) is 1. The van der Waals surface area contributed by atoms with Gasteiger partial charge < -0.3 is 10.2 Å². The van der Waals surface area contributed by atoms with E-state index in [1.54, 1.807) is 24.3 Å². The predicted octanol–water partition coefficient (Wildman–Crippen LogP) is 3.79. The van der Waals surface area contributed by atoms with E-state index in [9.17, 15) is 4.79 Å². The minimum atomic E-state index is -0.0884. The quantitative estimate of drug-likeness (QED) is 0.621. The largest absolute Gasteiger partial charge is 0.354 e. The Kier molecular flexibility index (Phi) is 6.52. The van der Waals surface area contributed by atoms with Crippen LogP contribution in [-0.4, -0.2) is 34.4 Å². The van der Waals surface area contributed by atoms with E-state index < -0.39 is 0 Å². The van der Waals surface area contributed by atoms with E-state index in [0.717, 1.165) is 24.9 Å². The number of hydrogen-bond acceptors (Lipinski definition) is 4. The first kappa shape index (κ1) is 18.6. The Morgan fingerprint density at radius 1 is 0.926 bits per heavy atom. The van der Waals surface area contributed by atoms with Gasteiger partial charge in [-0.1, -0.05) is 60.7 Å². The first-order valence-electron chi connectivity index (χ1n) is 9.11. The molecule has 0 spiro atoms. The van der Waals surface area contributed by atoms with Gasteiger partial charge >= 0.3 is 0 Å². The van der Waals surface area contributed by atoms with Gasteiger partial charge in [-0.05, 0) is 24.0 Å². The van der Waals surface area contributed by atoms with Gasteiger partial charge in [0.1, 0.15) is 0 Å². The van der Waals surface area contributed by atoms with Crippen LogP contribution in [-0.2, 0) is 13.0 Å². The van der Waals surface area contributed by atoms with Gasteiger partial charge in [0.25, 0.3) is 5.91 Å². The summed E-state index contributed by atoms with van der Waals surface area (Å²) in [7, 11) is 1.78. The highest BCUT2D eigenvalue weighted by atomic mass is 16.2. The van der Waals surface area contributed by atoms with Crippen molar-refractivity contribution in [1.29, 1.82) is 0 Å². The standard InChI is InChI=1S/C22H24N4O/c1-26(17-19-11-6-3-7-12-19)21(27)20-15-24-22(25-16-20)23-14-8-13-18-9-4-2-5-10-18/h2-7,9-12,15-16H,8,13-14,17H2,1H3,(H,23,24,25). The molecule has 1 N–H and O–H groups in total. The van der Waals surface area contributed by atoms with Gasteiger partial charge in [0.15, 0.2) is 0 Å². The molecule has 3 aromatic rings. The molecule has 27 heavy (non-hydrogen) atoms. The minimum absolute atomic E-state index is 0.0884. The highest BCUT2D eigenvalue weighted by molar-refractivity contribution is 5.93. The summed E-state index contributed by atoms with van der Waals surface area (Å²) in [5.41, 5.74) is 2.90. The van der Waals surface area contributed by atoms with Gasteiger partial charge in [0.2, 0.25) is 5.95 Å². The molecule has 1 aromatic heterocycles.